The molecule has 0 aliphatic rings. The molecule has 0 saturated carbocycles. The minimum atomic E-state index is 0.892. The molecule has 0 aromatic heterocycles. The molecule has 0 aliphatic carbocycles. The molecule has 0 amide bonds. The van der Waals surface area contributed by atoms with E-state index in [1.54, 1.807) is 0 Å². The van der Waals surface area contributed by atoms with E-state index in [0.29, 0.717) is 0 Å². The quantitative estimate of drug-likeness (QED) is 0.722. The van der Waals surface area contributed by atoms with Gasteiger partial charge in [0.25, 0.3) is 0 Å². The van der Waals surface area contributed by atoms with Crippen molar-refractivity contribution in [1.82, 2.24) is 0 Å². The van der Waals surface area contributed by atoms with E-state index in [2.05, 4.69) is 44.3 Å². The summed E-state index contributed by atoms with van der Waals surface area (Å²) in [7, 11) is 0. The van der Waals surface area contributed by atoms with E-state index in [4.69, 9.17) is 12.2 Å². The molecule has 0 heterocycles. The zero-order valence-electron chi connectivity index (χ0n) is 8.35. The first-order valence-electron chi connectivity index (χ1n) is 4.51. The van der Waals surface area contributed by atoms with Gasteiger partial charge in [0.15, 0.2) is 0 Å². The van der Waals surface area contributed by atoms with Gasteiger partial charge in [0.2, 0.25) is 0 Å². The van der Waals surface area contributed by atoms with E-state index < -0.39 is 0 Å². The van der Waals surface area contributed by atoms with Crippen molar-refractivity contribution in [3.8, 4) is 0 Å². The zero-order chi connectivity index (χ0) is 9.84. The van der Waals surface area contributed by atoms with Crippen LogP contribution in [0.1, 0.15) is 24.5 Å². The van der Waals surface area contributed by atoms with Crippen molar-refractivity contribution in [2.45, 2.75) is 27.2 Å². The van der Waals surface area contributed by atoms with Crippen LogP contribution in [0.15, 0.2) is 18.2 Å². The molecule has 1 aromatic carbocycles. The maximum atomic E-state index is 5.15. The number of hydrogen-bond acceptors (Lipinski definition) is 1. The van der Waals surface area contributed by atoms with Gasteiger partial charge in [0.05, 0.1) is 4.99 Å². The third-order valence-electron chi connectivity index (χ3n) is 2.07. The predicted molar refractivity (Wildman–Crippen MR) is 62.4 cm³/mol. The molecule has 70 valence electrons. The molecule has 1 rings (SSSR count). The maximum absolute atomic E-state index is 5.15. The molecule has 0 saturated heterocycles. The van der Waals surface area contributed by atoms with Gasteiger partial charge in [-0.3, -0.25) is 0 Å². The Hall–Kier alpha value is -0.890. The van der Waals surface area contributed by atoms with Crippen LogP contribution >= 0.6 is 12.2 Å². The fourth-order valence-electron chi connectivity index (χ4n) is 1.24. The molecule has 2 heteroatoms. The number of anilines is 1. The van der Waals surface area contributed by atoms with Gasteiger partial charge in [-0.1, -0.05) is 37.3 Å². The lowest BCUT2D eigenvalue weighted by Crippen LogP contribution is -2.09. The Balaban J connectivity index is 2.93. The highest BCUT2D eigenvalue weighted by atomic mass is 32.1. The van der Waals surface area contributed by atoms with Crippen LogP contribution in [0.25, 0.3) is 0 Å². The van der Waals surface area contributed by atoms with Crippen molar-refractivity contribution < 1.29 is 0 Å². The SMILES string of the molecule is CCC(=S)Nc1c(C)cccc1C. The average Bonchev–Trinajstić information content (AvgIpc) is 2.11. The molecule has 0 unspecified atom stereocenters. The molecule has 1 N–H and O–H groups in total. The van der Waals surface area contributed by atoms with Crippen molar-refractivity contribution in [1.29, 1.82) is 0 Å². The molecule has 0 atom stereocenters. The number of rotatable bonds is 2. The summed E-state index contributed by atoms with van der Waals surface area (Å²) < 4.78 is 0. The number of hydrogen-bond donors (Lipinski definition) is 1. The first-order chi connectivity index (χ1) is 6.15. The van der Waals surface area contributed by atoms with Gasteiger partial charge in [0.1, 0.15) is 0 Å². The fourth-order valence-corrected chi connectivity index (χ4v) is 1.34. The molecule has 0 fully saturated rings. The van der Waals surface area contributed by atoms with Crippen LogP contribution in [0.5, 0.6) is 0 Å². The lowest BCUT2D eigenvalue weighted by molar-refractivity contribution is 1.29. The van der Waals surface area contributed by atoms with Gasteiger partial charge >= 0.3 is 0 Å². The van der Waals surface area contributed by atoms with Crippen LogP contribution in [0, 0.1) is 13.8 Å². The Bertz CT molecular complexity index is 298. The maximum Gasteiger partial charge on any atom is 0.0794 e. The molecule has 0 bridgehead atoms. The van der Waals surface area contributed by atoms with Crippen molar-refractivity contribution in [3.05, 3.63) is 29.3 Å². The van der Waals surface area contributed by atoms with Crippen LogP contribution in [0.3, 0.4) is 0 Å². The standard InChI is InChI=1S/C11H15NS/c1-4-10(13)12-11-8(2)6-5-7-9(11)3/h5-7H,4H2,1-3H3,(H,12,13). The molecule has 13 heavy (non-hydrogen) atoms. The Morgan fingerprint density at radius 3 is 2.31 bits per heavy atom. The topological polar surface area (TPSA) is 12.0 Å². The monoisotopic (exact) mass is 193 g/mol. The van der Waals surface area contributed by atoms with E-state index >= 15 is 0 Å². The second-order valence-corrected chi connectivity index (χ2v) is 3.66. The summed E-state index contributed by atoms with van der Waals surface area (Å²) in [5, 5.41) is 3.26. The lowest BCUT2D eigenvalue weighted by atomic mass is 10.1. The van der Waals surface area contributed by atoms with Gasteiger partial charge in [-0.2, -0.15) is 0 Å². The number of benzene rings is 1. The Labute approximate surface area is 85.2 Å². The first-order valence-corrected chi connectivity index (χ1v) is 4.92. The number of thiocarbonyl (C=S) groups is 1. The summed E-state index contributed by atoms with van der Waals surface area (Å²) in [6.07, 6.45) is 0.892. The number of aryl methyl sites for hydroxylation is 2. The van der Waals surface area contributed by atoms with Gasteiger partial charge < -0.3 is 5.32 Å². The van der Waals surface area contributed by atoms with Crippen LogP contribution in [-0.4, -0.2) is 4.99 Å². The van der Waals surface area contributed by atoms with Crippen molar-refractivity contribution >= 4 is 22.9 Å². The van der Waals surface area contributed by atoms with E-state index in [9.17, 15) is 0 Å². The van der Waals surface area contributed by atoms with Gasteiger partial charge in [-0.05, 0) is 31.4 Å². The number of para-hydroxylation sites is 1. The Morgan fingerprint density at radius 1 is 1.31 bits per heavy atom. The van der Waals surface area contributed by atoms with Crippen molar-refractivity contribution in [2.75, 3.05) is 5.32 Å². The largest absolute Gasteiger partial charge is 0.350 e. The average molecular weight is 193 g/mol. The second kappa shape index (κ2) is 4.38. The Kier molecular flexibility index (Phi) is 3.43. The van der Waals surface area contributed by atoms with Gasteiger partial charge in [0, 0.05) is 5.69 Å². The third-order valence-corrected chi connectivity index (χ3v) is 2.46. The molecular formula is C11H15NS. The summed E-state index contributed by atoms with van der Waals surface area (Å²) in [6.45, 7) is 6.24. The Morgan fingerprint density at radius 2 is 1.85 bits per heavy atom. The second-order valence-electron chi connectivity index (χ2n) is 3.17. The first kappa shape index (κ1) is 10.2. The van der Waals surface area contributed by atoms with Crippen LogP contribution < -0.4 is 5.32 Å². The van der Waals surface area contributed by atoms with Crippen molar-refractivity contribution in [2.24, 2.45) is 0 Å². The summed E-state index contributed by atoms with van der Waals surface area (Å²) in [6, 6.07) is 6.24. The highest BCUT2D eigenvalue weighted by Crippen LogP contribution is 2.19. The van der Waals surface area contributed by atoms with E-state index in [1.165, 1.54) is 11.1 Å². The predicted octanol–water partition coefficient (Wildman–Crippen LogP) is 3.45. The molecule has 1 aromatic rings. The molecule has 0 spiro atoms. The summed E-state index contributed by atoms with van der Waals surface area (Å²) in [5.41, 5.74) is 3.65. The van der Waals surface area contributed by atoms with Gasteiger partial charge in [-0.15, -0.1) is 0 Å². The molecular weight excluding hydrogens is 178 g/mol. The highest BCUT2D eigenvalue weighted by molar-refractivity contribution is 7.80. The molecule has 0 radical (unpaired) electrons. The zero-order valence-corrected chi connectivity index (χ0v) is 9.16. The summed E-state index contributed by atoms with van der Waals surface area (Å²) in [4.78, 5) is 0.900. The highest BCUT2D eigenvalue weighted by Gasteiger charge is 2.01. The number of nitrogens with one attached hydrogen (secondary N) is 1. The van der Waals surface area contributed by atoms with E-state index in [-0.39, 0.29) is 0 Å². The fraction of sp³-hybridized carbons (Fsp3) is 0.364. The van der Waals surface area contributed by atoms with Gasteiger partial charge in [-0.25, -0.2) is 0 Å². The molecule has 0 aliphatic heterocycles. The lowest BCUT2D eigenvalue weighted by Gasteiger charge is -2.11. The minimum absolute atomic E-state index is 0.892. The summed E-state index contributed by atoms with van der Waals surface area (Å²) >= 11 is 5.15. The third kappa shape index (κ3) is 2.52. The van der Waals surface area contributed by atoms with Crippen LogP contribution in [-0.2, 0) is 0 Å². The molecule has 1 nitrogen and oxygen atoms in total. The summed E-state index contributed by atoms with van der Waals surface area (Å²) in [5.74, 6) is 0. The normalized spacial score (nSPS) is 9.77. The van der Waals surface area contributed by atoms with Crippen LogP contribution in [0.4, 0.5) is 5.69 Å². The smallest absolute Gasteiger partial charge is 0.0794 e. The van der Waals surface area contributed by atoms with E-state index in [0.717, 1.165) is 17.1 Å². The van der Waals surface area contributed by atoms with Crippen LogP contribution in [0.2, 0.25) is 0 Å². The van der Waals surface area contributed by atoms with Crippen molar-refractivity contribution in [3.63, 3.8) is 0 Å². The van der Waals surface area contributed by atoms with E-state index in [1.807, 2.05) is 0 Å². The minimum Gasteiger partial charge on any atom is -0.350 e.